The molecule has 0 saturated heterocycles. The largest absolute Gasteiger partial charge is 0.478 e. The van der Waals surface area contributed by atoms with Crippen LogP contribution in [0.5, 0.6) is 0 Å². The number of hydrogen-bond acceptors (Lipinski definition) is 4. The number of aliphatic carboxylic acids is 2. The predicted octanol–water partition coefficient (Wildman–Crippen LogP) is 0.582. The second-order valence-corrected chi connectivity index (χ2v) is 2.31. The van der Waals surface area contributed by atoms with Gasteiger partial charge < -0.3 is 10.2 Å². The molecule has 0 radical (unpaired) electrons. The quantitative estimate of drug-likeness (QED) is 0.327. The third kappa shape index (κ3) is 31.7. The van der Waals surface area contributed by atoms with Gasteiger partial charge in [-0.2, -0.15) is 0 Å². The second kappa shape index (κ2) is 13.6. The standard InChI is InChI=1S/C4H6O2.C3H5NO2.C3H4O2/c1-3(2)4(5)6;1-2-3(5)4-6;1-2-3(4)5/h1H2,2H3,(H,5,6);2,6H,1H2,(H,4,5);2H,1H2,(H,4,5). The summed E-state index contributed by atoms with van der Waals surface area (Å²) in [6, 6.07) is 0. The van der Waals surface area contributed by atoms with Crippen LogP contribution < -0.4 is 5.48 Å². The van der Waals surface area contributed by atoms with Crippen LogP contribution in [0.3, 0.4) is 0 Å². The minimum Gasteiger partial charge on any atom is -0.478 e. The maximum absolute atomic E-state index is 9.70. The number of amides is 1. The summed E-state index contributed by atoms with van der Waals surface area (Å²) in [7, 11) is 0. The van der Waals surface area contributed by atoms with Crippen LogP contribution in [0.15, 0.2) is 37.5 Å². The number of carboxylic acids is 2. The lowest BCUT2D eigenvalue weighted by Crippen LogP contribution is -2.14. The molecule has 0 aliphatic heterocycles. The first-order valence-corrected chi connectivity index (χ1v) is 4.03. The molecular weight excluding hydrogens is 230 g/mol. The van der Waals surface area contributed by atoms with Crippen LogP contribution >= 0.6 is 0 Å². The fourth-order valence-electron chi connectivity index (χ4n) is 0.0456. The molecule has 0 atom stereocenters. The number of carboxylic acid groups (broad SMARTS) is 2. The summed E-state index contributed by atoms with van der Waals surface area (Å²) in [6.45, 7) is 10.6. The average Bonchev–Trinajstić information content (AvgIpc) is 2.29. The van der Waals surface area contributed by atoms with Crippen LogP contribution in [0.1, 0.15) is 6.92 Å². The SMILES string of the molecule is C=C(C)C(=O)O.C=CC(=O)NO.C=CC(=O)O. The summed E-state index contributed by atoms with van der Waals surface area (Å²) in [5.74, 6) is -2.50. The lowest BCUT2D eigenvalue weighted by atomic mass is 10.4. The van der Waals surface area contributed by atoms with Crippen LogP contribution in [-0.4, -0.2) is 33.3 Å². The Hall–Kier alpha value is -2.41. The van der Waals surface area contributed by atoms with Gasteiger partial charge in [-0.05, 0) is 13.0 Å². The van der Waals surface area contributed by atoms with Crippen molar-refractivity contribution in [1.29, 1.82) is 0 Å². The molecule has 0 spiro atoms. The van der Waals surface area contributed by atoms with Crippen LogP contribution in [0.25, 0.3) is 0 Å². The third-order valence-electron chi connectivity index (χ3n) is 0.835. The normalized spacial score (nSPS) is 6.94. The fraction of sp³-hybridized carbons (Fsp3) is 0.100. The van der Waals surface area contributed by atoms with Gasteiger partial charge in [-0.25, -0.2) is 15.1 Å². The summed E-state index contributed by atoms with van der Waals surface area (Å²) in [5.41, 5.74) is 1.53. The van der Waals surface area contributed by atoms with E-state index in [9.17, 15) is 14.4 Å². The van der Waals surface area contributed by atoms with Crippen molar-refractivity contribution in [3.63, 3.8) is 0 Å². The highest BCUT2D eigenvalue weighted by Gasteiger charge is 1.90. The van der Waals surface area contributed by atoms with Gasteiger partial charge in [-0.1, -0.05) is 19.7 Å². The molecule has 7 nitrogen and oxygen atoms in total. The molecule has 7 heteroatoms. The van der Waals surface area contributed by atoms with E-state index in [0.29, 0.717) is 0 Å². The molecule has 0 aromatic rings. The Labute approximate surface area is 98.3 Å². The van der Waals surface area contributed by atoms with E-state index < -0.39 is 17.8 Å². The Morgan fingerprint density at radius 2 is 1.41 bits per heavy atom. The Morgan fingerprint density at radius 3 is 1.41 bits per heavy atom. The van der Waals surface area contributed by atoms with Gasteiger partial charge in [-0.15, -0.1) is 0 Å². The van der Waals surface area contributed by atoms with Gasteiger partial charge in [0.25, 0.3) is 5.91 Å². The molecule has 0 heterocycles. The summed E-state index contributed by atoms with van der Waals surface area (Å²) in [6.07, 6.45) is 1.81. The van der Waals surface area contributed by atoms with Crippen LogP contribution in [0.4, 0.5) is 0 Å². The van der Waals surface area contributed by atoms with E-state index in [1.807, 2.05) is 0 Å². The topological polar surface area (TPSA) is 124 Å². The Bertz CT molecular complexity index is 293. The molecule has 4 N–H and O–H groups in total. The number of hydrogen-bond donors (Lipinski definition) is 4. The Balaban J connectivity index is -0.000000174. The van der Waals surface area contributed by atoms with Crippen molar-refractivity contribution < 1.29 is 29.8 Å². The zero-order chi connectivity index (χ0) is 14.4. The van der Waals surface area contributed by atoms with E-state index in [1.165, 1.54) is 12.4 Å². The van der Waals surface area contributed by atoms with Crippen molar-refractivity contribution in [3.05, 3.63) is 37.5 Å². The molecular formula is C10H15NO6. The zero-order valence-corrected chi connectivity index (χ0v) is 9.34. The van der Waals surface area contributed by atoms with Crippen molar-refractivity contribution in [2.24, 2.45) is 0 Å². The van der Waals surface area contributed by atoms with Crippen molar-refractivity contribution in [3.8, 4) is 0 Å². The molecule has 0 aliphatic carbocycles. The molecule has 1 amide bonds. The number of hydroxylamine groups is 1. The molecule has 0 aromatic heterocycles. The molecule has 96 valence electrons. The van der Waals surface area contributed by atoms with Gasteiger partial charge in [-0.3, -0.25) is 10.0 Å². The summed E-state index contributed by atoms with van der Waals surface area (Å²) < 4.78 is 0. The van der Waals surface area contributed by atoms with Crippen molar-refractivity contribution in [2.45, 2.75) is 6.92 Å². The van der Waals surface area contributed by atoms with Crippen LogP contribution in [-0.2, 0) is 14.4 Å². The van der Waals surface area contributed by atoms with E-state index in [4.69, 9.17) is 15.4 Å². The monoisotopic (exact) mass is 245 g/mol. The summed E-state index contributed by atoms with van der Waals surface area (Å²) in [5, 5.41) is 23.2. The Morgan fingerprint density at radius 1 is 1.12 bits per heavy atom. The summed E-state index contributed by atoms with van der Waals surface area (Å²) in [4.78, 5) is 28.6. The minimum atomic E-state index is -0.981. The average molecular weight is 245 g/mol. The van der Waals surface area contributed by atoms with E-state index in [1.54, 1.807) is 0 Å². The van der Waals surface area contributed by atoms with Gasteiger partial charge in [0.15, 0.2) is 0 Å². The highest BCUT2D eigenvalue weighted by Crippen LogP contribution is 1.81. The molecule has 0 unspecified atom stereocenters. The van der Waals surface area contributed by atoms with Crippen molar-refractivity contribution >= 4 is 17.8 Å². The zero-order valence-electron chi connectivity index (χ0n) is 9.34. The number of carbonyl (C=O) groups is 3. The van der Waals surface area contributed by atoms with Gasteiger partial charge in [0.1, 0.15) is 0 Å². The second-order valence-electron chi connectivity index (χ2n) is 2.31. The van der Waals surface area contributed by atoms with Gasteiger partial charge in [0.05, 0.1) is 0 Å². The molecule has 0 aromatic carbocycles. The summed E-state index contributed by atoms with van der Waals surface area (Å²) >= 11 is 0. The first-order valence-electron chi connectivity index (χ1n) is 4.03. The van der Waals surface area contributed by atoms with E-state index in [0.717, 1.165) is 12.2 Å². The maximum Gasteiger partial charge on any atom is 0.330 e. The van der Waals surface area contributed by atoms with Gasteiger partial charge in [0, 0.05) is 11.6 Å². The molecule has 0 bridgehead atoms. The van der Waals surface area contributed by atoms with Crippen LogP contribution in [0, 0.1) is 0 Å². The van der Waals surface area contributed by atoms with E-state index in [-0.39, 0.29) is 5.57 Å². The molecule has 0 saturated carbocycles. The van der Waals surface area contributed by atoms with Crippen LogP contribution in [0.2, 0.25) is 0 Å². The number of rotatable bonds is 3. The predicted molar refractivity (Wildman–Crippen MR) is 60.4 cm³/mol. The number of carbonyl (C=O) groups excluding carboxylic acids is 1. The minimum absolute atomic E-state index is 0.176. The molecule has 17 heavy (non-hydrogen) atoms. The first-order chi connectivity index (χ1) is 7.72. The highest BCUT2D eigenvalue weighted by molar-refractivity contribution is 5.85. The molecule has 0 fully saturated rings. The van der Waals surface area contributed by atoms with Crippen molar-refractivity contribution in [2.75, 3.05) is 0 Å². The number of nitrogens with one attached hydrogen (secondary N) is 1. The lowest BCUT2D eigenvalue weighted by molar-refractivity contribution is -0.133. The molecule has 0 aliphatic rings. The lowest BCUT2D eigenvalue weighted by Gasteiger charge is -1.81. The van der Waals surface area contributed by atoms with Gasteiger partial charge in [0.2, 0.25) is 0 Å². The third-order valence-corrected chi connectivity index (χ3v) is 0.835. The van der Waals surface area contributed by atoms with E-state index in [2.05, 4.69) is 19.7 Å². The first kappa shape index (κ1) is 20.1. The van der Waals surface area contributed by atoms with Crippen molar-refractivity contribution in [1.82, 2.24) is 5.48 Å². The molecule has 0 rings (SSSR count). The van der Waals surface area contributed by atoms with Gasteiger partial charge >= 0.3 is 11.9 Å². The highest BCUT2D eigenvalue weighted by atomic mass is 16.5. The Kier molecular flexibility index (Phi) is 16.0. The van der Waals surface area contributed by atoms with E-state index >= 15 is 0 Å². The fourth-order valence-corrected chi connectivity index (χ4v) is 0.0456. The maximum atomic E-state index is 9.70. The smallest absolute Gasteiger partial charge is 0.330 e.